The van der Waals surface area contributed by atoms with Gasteiger partial charge >= 0.3 is 0 Å². The number of aryl methyl sites for hydroxylation is 1. The van der Waals surface area contributed by atoms with Crippen molar-refractivity contribution >= 4 is 23.1 Å². The molecule has 3 aromatic rings. The van der Waals surface area contributed by atoms with Crippen LogP contribution >= 0.6 is 0 Å². The number of benzene rings is 3. The van der Waals surface area contributed by atoms with E-state index in [1.807, 2.05) is 32.0 Å². The number of ketones is 1. The highest BCUT2D eigenvalue weighted by Gasteiger charge is 2.47. The molecule has 168 valence electrons. The number of aliphatic hydroxyl groups is 1. The molecule has 1 N–H and O–H groups in total. The Morgan fingerprint density at radius 3 is 2.21 bits per heavy atom. The highest BCUT2D eigenvalue weighted by molar-refractivity contribution is 6.51. The number of anilines is 1. The fraction of sp³-hybridized carbons (Fsp3) is 0.185. The molecule has 1 heterocycles. The van der Waals surface area contributed by atoms with Crippen LogP contribution in [0.4, 0.5) is 5.69 Å². The molecule has 1 amide bonds. The molecule has 0 bridgehead atoms. The molecule has 1 saturated heterocycles. The van der Waals surface area contributed by atoms with Gasteiger partial charge in [-0.2, -0.15) is 0 Å². The topological polar surface area (TPSA) is 76.1 Å². The molecule has 3 aromatic carbocycles. The summed E-state index contributed by atoms with van der Waals surface area (Å²) in [6.45, 7) is 3.87. The number of carbonyl (C=O) groups is 2. The molecule has 6 nitrogen and oxygen atoms in total. The summed E-state index contributed by atoms with van der Waals surface area (Å²) in [7, 11) is 3.09. The lowest BCUT2D eigenvalue weighted by atomic mass is 9.94. The van der Waals surface area contributed by atoms with Crippen molar-refractivity contribution in [1.82, 2.24) is 0 Å². The van der Waals surface area contributed by atoms with E-state index < -0.39 is 17.7 Å². The van der Waals surface area contributed by atoms with Crippen molar-refractivity contribution in [2.24, 2.45) is 0 Å². The zero-order valence-corrected chi connectivity index (χ0v) is 19.0. The van der Waals surface area contributed by atoms with Crippen molar-refractivity contribution in [3.8, 4) is 11.5 Å². The first kappa shape index (κ1) is 22.1. The van der Waals surface area contributed by atoms with Crippen LogP contribution in [0.1, 0.15) is 28.3 Å². The molecule has 1 unspecified atom stereocenters. The van der Waals surface area contributed by atoms with Gasteiger partial charge in [0.2, 0.25) is 0 Å². The highest BCUT2D eigenvalue weighted by Crippen LogP contribution is 2.43. The van der Waals surface area contributed by atoms with Crippen molar-refractivity contribution < 1.29 is 24.2 Å². The summed E-state index contributed by atoms with van der Waals surface area (Å²) in [4.78, 5) is 28.1. The van der Waals surface area contributed by atoms with E-state index in [0.29, 0.717) is 28.3 Å². The monoisotopic (exact) mass is 443 g/mol. The van der Waals surface area contributed by atoms with Crippen LogP contribution in [0.15, 0.2) is 72.3 Å². The molecule has 0 aliphatic carbocycles. The van der Waals surface area contributed by atoms with Crippen LogP contribution in [0.3, 0.4) is 0 Å². The third kappa shape index (κ3) is 3.84. The molecular formula is C27H25NO5. The minimum atomic E-state index is -0.803. The van der Waals surface area contributed by atoms with Gasteiger partial charge in [0.1, 0.15) is 17.3 Å². The largest absolute Gasteiger partial charge is 0.507 e. The lowest BCUT2D eigenvalue weighted by Gasteiger charge is -2.27. The predicted molar refractivity (Wildman–Crippen MR) is 127 cm³/mol. The number of amides is 1. The van der Waals surface area contributed by atoms with E-state index in [1.165, 1.54) is 12.0 Å². The van der Waals surface area contributed by atoms with Crippen LogP contribution in [0, 0.1) is 13.8 Å². The summed E-state index contributed by atoms with van der Waals surface area (Å²) in [6.07, 6.45) is 0. The Balaban J connectivity index is 1.97. The Morgan fingerprint density at radius 1 is 0.879 bits per heavy atom. The molecule has 0 spiro atoms. The Morgan fingerprint density at radius 2 is 1.55 bits per heavy atom. The quantitative estimate of drug-likeness (QED) is 0.343. The minimum Gasteiger partial charge on any atom is -0.507 e. The van der Waals surface area contributed by atoms with Gasteiger partial charge in [-0.05, 0) is 60.9 Å². The van der Waals surface area contributed by atoms with Gasteiger partial charge in [-0.1, -0.05) is 36.4 Å². The Hall–Kier alpha value is -4.06. The smallest absolute Gasteiger partial charge is 0.300 e. The summed E-state index contributed by atoms with van der Waals surface area (Å²) in [5.41, 5.74) is 3.61. The minimum absolute atomic E-state index is 0.0272. The van der Waals surface area contributed by atoms with Crippen LogP contribution in [0.25, 0.3) is 5.76 Å². The van der Waals surface area contributed by atoms with Crippen LogP contribution in [-0.2, 0) is 9.59 Å². The van der Waals surface area contributed by atoms with Gasteiger partial charge in [0.05, 0.1) is 25.8 Å². The zero-order chi connectivity index (χ0) is 23.7. The molecule has 6 heteroatoms. The zero-order valence-electron chi connectivity index (χ0n) is 19.0. The van der Waals surface area contributed by atoms with E-state index in [-0.39, 0.29) is 11.3 Å². The van der Waals surface area contributed by atoms with Gasteiger partial charge in [-0.25, -0.2) is 0 Å². The number of aliphatic hydroxyl groups excluding tert-OH is 1. The van der Waals surface area contributed by atoms with Crippen molar-refractivity contribution in [3.63, 3.8) is 0 Å². The summed E-state index contributed by atoms with van der Waals surface area (Å²) < 4.78 is 10.5. The van der Waals surface area contributed by atoms with Gasteiger partial charge in [-0.15, -0.1) is 0 Å². The van der Waals surface area contributed by atoms with Gasteiger partial charge in [-0.3, -0.25) is 14.5 Å². The molecule has 1 aliphatic rings. The maximum absolute atomic E-state index is 13.3. The van der Waals surface area contributed by atoms with Crippen molar-refractivity contribution in [2.45, 2.75) is 19.9 Å². The standard InChI is InChI=1S/C27H25NO5/c1-16-7-5-10-22(17(16)2)28-24(18-11-13-20(32-3)14-12-18)23(26(30)27(28)31)25(29)19-8-6-9-21(15-19)33-4/h5-15,24,29H,1-4H3/b25-23+. The number of Topliss-reactive ketones (excluding diaryl/α,β-unsaturated/α-hetero) is 1. The second-order valence-electron chi connectivity index (χ2n) is 7.89. The summed E-state index contributed by atoms with van der Waals surface area (Å²) in [5, 5.41) is 11.2. The number of nitrogens with zero attached hydrogens (tertiary/aromatic N) is 1. The lowest BCUT2D eigenvalue weighted by molar-refractivity contribution is -0.132. The van der Waals surface area contributed by atoms with E-state index in [0.717, 1.165) is 11.1 Å². The van der Waals surface area contributed by atoms with Crippen LogP contribution in [0.5, 0.6) is 11.5 Å². The van der Waals surface area contributed by atoms with Gasteiger partial charge < -0.3 is 14.6 Å². The van der Waals surface area contributed by atoms with E-state index in [1.54, 1.807) is 55.6 Å². The number of rotatable bonds is 5. The summed E-state index contributed by atoms with van der Waals surface area (Å²) in [6, 6.07) is 18.7. The molecule has 1 fully saturated rings. The number of hydrogen-bond donors (Lipinski definition) is 1. The van der Waals surface area contributed by atoms with Crippen LogP contribution in [0.2, 0.25) is 0 Å². The van der Waals surface area contributed by atoms with Crippen molar-refractivity contribution in [2.75, 3.05) is 19.1 Å². The average molecular weight is 443 g/mol. The SMILES string of the molecule is COc1ccc(C2/C(=C(\O)c3cccc(OC)c3)C(=O)C(=O)N2c2cccc(C)c2C)cc1. The predicted octanol–water partition coefficient (Wildman–Crippen LogP) is 4.95. The van der Waals surface area contributed by atoms with Crippen LogP contribution in [-0.4, -0.2) is 31.0 Å². The van der Waals surface area contributed by atoms with Crippen LogP contribution < -0.4 is 14.4 Å². The Bertz CT molecular complexity index is 1260. The van der Waals surface area contributed by atoms with Crippen molar-refractivity contribution in [3.05, 3.63) is 94.6 Å². The molecule has 0 aromatic heterocycles. The van der Waals surface area contributed by atoms with Crippen molar-refractivity contribution in [1.29, 1.82) is 0 Å². The lowest BCUT2D eigenvalue weighted by Crippen LogP contribution is -2.30. The normalized spacial score (nSPS) is 17.3. The molecule has 4 rings (SSSR count). The van der Waals surface area contributed by atoms with E-state index in [9.17, 15) is 14.7 Å². The fourth-order valence-corrected chi connectivity index (χ4v) is 4.11. The number of ether oxygens (including phenoxy) is 2. The number of hydrogen-bond acceptors (Lipinski definition) is 5. The number of carbonyl (C=O) groups excluding carboxylic acids is 2. The van der Waals surface area contributed by atoms with E-state index in [4.69, 9.17) is 9.47 Å². The van der Waals surface area contributed by atoms with E-state index >= 15 is 0 Å². The maximum atomic E-state index is 13.3. The second kappa shape index (κ2) is 8.82. The average Bonchev–Trinajstić information content (AvgIpc) is 3.10. The third-order valence-electron chi connectivity index (χ3n) is 6.05. The molecule has 1 aliphatic heterocycles. The first-order chi connectivity index (χ1) is 15.9. The first-order valence-electron chi connectivity index (χ1n) is 10.5. The molecule has 1 atom stereocenters. The maximum Gasteiger partial charge on any atom is 0.300 e. The van der Waals surface area contributed by atoms with Gasteiger partial charge in [0.15, 0.2) is 0 Å². The first-order valence-corrected chi connectivity index (χ1v) is 10.5. The molecule has 33 heavy (non-hydrogen) atoms. The van der Waals surface area contributed by atoms with Gasteiger partial charge in [0.25, 0.3) is 11.7 Å². The summed E-state index contributed by atoms with van der Waals surface area (Å²) in [5.74, 6) is -0.495. The fourth-order valence-electron chi connectivity index (χ4n) is 4.11. The molecular weight excluding hydrogens is 418 g/mol. The third-order valence-corrected chi connectivity index (χ3v) is 6.05. The Kier molecular flexibility index (Phi) is 5.92. The Labute approximate surface area is 192 Å². The second-order valence-corrected chi connectivity index (χ2v) is 7.89. The number of methoxy groups -OCH3 is 2. The molecule has 0 radical (unpaired) electrons. The van der Waals surface area contributed by atoms with Gasteiger partial charge in [0, 0.05) is 11.3 Å². The summed E-state index contributed by atoms with van der Waals surface area (Å²) >= 11 is 0. The highest BCUT2D eigenvalue weighted by atomic mass is 16.5. The molecule has 0 saturated carbocycles. The van der Waals surface area contributed by atoms with E-state index in [2.05, 4.69) is 0 Å².